The van der Waals surface area contributed by atoms with Crippen molar-refractivity contribution in [3.8, 4) is 0 Å². The van der Waals surface area contributed by atoms with Gasteiger partial charge >= 0.3 is 0 Å². The van der Waals surface area contributed by atoms with Crippen LogP contribution in [0.25, 0.3) is 0 Å². The van der Waals surface area contributed by atoms with Gasteiger partial charge in [0, 0.05) is 6.54 Å². The Kier molecular flexibility index (Phi) is 4.00. The molecule has 2 rings (SSSR count). The van der Waals surface area contributed by atoms with Crippen molar-refractivity contribution in [2.45, 2.75) is 45.6 Å². The van der Waals surface area contributed by atoms with E-state index in [4.69, 9.17) is 0 Å². The molecule has 1 aromatic rings. The summed E-state index contributed by atoms with van der Waals surface area (Å²) < 4.78 is 0. The van der Waals surface area contributed by atoms with Crippen LogP contribution in [0, 0.1) is 5.92 Å². The molecule has 1 aromatic carbocycles. The van der Waals surface area contributed by atoms with E-state index in [1.165, 1.54) is 36.9 Å². The second-order valence-electron chi connectivity index (χ2n) is 5.31. The van der Waals surface area contributed by atoms with Crippen molar-refractivity contribution in [3.63, 3.8) is 0 Å². The molecule has 0 bridgehead atoms. The first-order chi connectivity index (χ1) is 7.75. The van der Waals surface area contributed by atoms with E-state index in [0.29, 0.717) is 5.92 Å². The highest BCUT2D eigenvalue weighted by Crippen LogP contribution is 2.31. The fraction of sp³-hybridized carbons (Fsp3) is 0.600. The van der Waals surface area contributed by atoms with Gasteiger partial charge in [0.1, 0.15) is 0 Å². The Balaban J connectivity index is 1.71. The summed E-state index contributed by atoms with van der Waals surface area (Å²) in [6.45, 7) is 6.67. The van der Waals surface area contributed by atoms with Crippen LogP contribution in [0.15, 0.2) is 24.3 Å². The highest BCUT2D eigenvalue weighted by Gasteiger charge is 2.19. The lowest BCUT2D eigenvalue weighted by molar-refractivity contribution is 0.613. The van der Waals surface area contributed by atoms with Gasteiger partial charge in [-0.1, -0.05) is 51.0 Å². The first-order valence-corrected chi connectivity index (χ1v) is 6.55. The monoisotopic (exact) mass is 217 g/mol. The normalized spacial score (nSPS) is 15.7. The molecule has 16 heavy (non-hydrogen) atoms. The lowest BCUT2D eigenvalue weighted by Gasteiger charge is -2.08. The average molecular weight is 217 g/mol. The summed E-state index contributed by atoms with van der Waals surface area (Å²) in [5, 5.41) is 3.52. The molecule has 0 aliphatic heterocycles. The number of benzene rings is 1. The van der Waals surface area contributed by atoms with Gasteiger partial charge in [-0.05, 0) is 35.9 Å². The molecule has 1 nitrogen and oxygen atoms in total. The Bertz CT molecular complexity index is 309. The second kappa shape index (κ2) is 5.49. The van der Waals surface area contributed by atoms with Crippen LogP contribution in [0.3, 0.4) is 0 Å². The maximum absolute atomic E-state index is 3.52. The largest absolute Gasteiger partial charge is 0.313 e. The predicted octanol–water partition coefficient (Wildman–Crippen LogP) is 3.70. The van der Waals surface area contributed by atoms with Crippen molar-refractivity contribution in [2.75, 3.05) is 6.54 Å². The Morgan fingerprint density at radius 1 is 1.19 bits per heavy atom. The van der Waals surface area contributed by atoms with E-state index in [9.17, 15) is 0 Å². The van der Waals surface area contributed by atoms with Crippen LogP contribution in [0.1, 0.15) is 50.2 Å². The topological polar surface area (TPSA) is 12.0 Å². The van der Waals surface area contributed by atoms with Crippen LogP contribution < -0.4 is 5.32 Å². The van der Waals surface area contributed by atoms with Crippen LogP contribution >= 0.6 is 0 Å². The molecule has 1 aliphatic rings. The maximum atomic E-state index is 3.52. The fourth-order valence-corrected chi connectivity index (χ4v) is 1.97. The van der Waals surface area contributed by atoms with Gasteiger partial charge in [-0.25, -0.2) is 0 Å². The molecule has 1 aliphatic carbocycles. The van der Waals surface area contributed by atoms with Crippen LogP contribution in [0.2, 0.25) is 0 Å². The summed E-state index contributed by atoms with van der Waals surface area (Å²) in [7, 11) is 0. The molecule has 0 unspecified atom stereocenters. The summed E-state index contributed by atoms with van der Waals surface area (Å²) in [6.07, 6.45) is 4.29. The molecule has 1 saturated carbocycles. The van der Waals surface area contributed by atoms with E-state index in [1.54, 1.807) is 0 Å². The van der Waals surface area contributed by atoms with Gasteiger partial charge in [0.05, 0.1) is 0 Å². The smallest absolute Gasteiger partial charge is 0.0205 e. The molecule has 1 heteroatoms. The Morgan fingerprint density at radius 3 is 2.44 bits per heavy atom. The zero-order valence-electron chi connectivity index (χ0n) is 10.5. The van der Waals surface area contributed by atoms with Crippen LogP contribution in [-0.2, 0) is 6.54 Å². The summed E-state index contributed by atoms with van der Waals surface area (Å²) >= 11 is 0. The number of hydrogen-bond acceptors (Lipinski definition) is 1. The van der Waals surface area contributed by atoms with Crippen molar-refractivity contribution < 1.29 is 0 Å². The third-order valence-corrected chi connectivity index (χ3v) is 3.40. The number of rotatable bonds is 6. The molecule has 0 atom stereocenters. The van der Waals surface area contributed by atoms with Crippen molar-refractivity contribution in [1.82, 2.24) is 5.32 Å². The van der Waals surface area contributed by atoms with Crippen molar-refractivity contribution in [1.29, 1.82) is 0 Å². The van der Waals surface area contributed by atoms with Gasteiger partial charge in [-0.15, -0.1) is 0 Å². The van der Waals surface area contributed by atoms with E-state index >= 15 is 0 Å². The standard InChI is InChI=1S/C15H23N/c1-12(2)15-7-5-14(6-8-15)11-16-10-9-13-3-4-13/h5-8,12-13,16H,3-4,9-11H2,1-2H3. The molecule has 88 valence electrons. The molecule has 0 aromatic heterocycles. The average Bonchev–Trinajstić information content (AvgIpc) is 3.09. The van der Waals surface area contributed by atoms with Crippen LogP contribution in [0.5, 0.6) is 0 Å². The number of hydrogen-bond donors (Lipinski definition) is 1. The van der Waals surface area contributed by atoms with Gasteiger partial charge < -0.3 is 5.32 Å². The van der Waals surface area contributed by atoms with Gasteiger partial charge in [0.15, 0.2) is 0 Å². The van der Waals surface area contributed by atoms with Crippen molar-refractivity contribution >= 4 is 0 Å². The summed E-state index contributed by atoms with van der Waals surface area (Å²) in [6, 6.07) is 9.00. The van der Waals surface area contributed by atoms with Gasteiger partial charge in [-0.2, -0.15) is 0 Å². The van der Waals surface area contributed by atoms with Crippen molar-refractivity contribution in [2.24, 2.45) is 5.92 Å². The highest BCUT2D eigenvalue weighted by molar-refractivity contribution is 5.24. The minimum absolute atomic E-state index is 0.636. The van der Waals surface area contributed by atoms with Gasteiger partial charge in [0.25, 0.3) is 0 Å². The quantitative estimate of drug-likeness (QED) is 0.716. The van der Waals surface area contributed by atoms with Gasteiger partial charge in [0.2, 0.25) is 0 Å². The molecule has 1 N–H and O–H groups in total. The summed E-state index contributed by atoms with van der Waals surface area (Å²) in [5.74, 6) is 1.67. The molecule has 0 saturated heterocycles. The van der Waals surface area contributed by atoms with Crippen LogP contribution in [-0.4, -0.2) is 6.54 Å². The lowest BCUT2D eigenvalue weighted by atomic mass is 10.0. The summed E-state index contributed by atoms with van der Waals surface area (Å²) in [5.41, 5.74) is 2.84. The van der Waals surface area contributed by atoms with E-state index < -0.39 is 0 Å². The molecular formula is C15H23N. The molecule has 0 spiro atoms. The minimum Gasteiger partial charge on any atom is -0.313 e. The van der Waals surface area contributed by atoms with Crippen molar-refractivity contribution in [3.05, 3.63) is 35.4 Å². The van der Waals surface area contributed by atoms with Crippen LogP contribution in [0.4, 0.5) is 0 Å². The molecule has 0 amide bonds. The second-order valence-corrected chi connectivity index (χ2v) is 5.31. The van der Waals surface area contributed by atoms with E-state index in [2.05, 4.69) is 43.4 Å². The minimum atomic E-state index is 0.636. The molecule has 1 fully saturated rings. The lowest BCUT2D eigenvalue weighted by Crippen LogP contribution is -2.15. The van der Waals surface area contributed by atoms with E-state index in [1.807, 2.05) is 0 Å². The molecule has 0 heterocycles. The molecular weight excluding hydrogens is 194 g/mol. The third kappa shape index (κ3) is 3.64. The third-order valence-electron chi connectivity index (χ3n) is 3.40. The Morgan fingerprint density at radius 2 is 1.88 bits per heavy atom. The Labute approximate surface area is 99.3 Å². The van der Waals surface area contributed by atoms with Gasteiger partial charge in [-0.3, -0.25) is 0 Å². The fourth-order valence-electron chi connectivity index (χ4n) is 1.97. The highest BCUT2D eigenvalue weighted by atomic mass is 14.8. The van der Waals surface area contributed by atoms with E-state index in [-0.39, 0.29) is 0 Å². The predicted molar refractivity (Wildman–Crippen MR) is 69.6 cm³/mol. The maximum Gasteiger partial charge on any atom is 0.0205 e. The zero-order chi connectivity index (χ0) is 11.4. The Hall–Kier alpha value is -0.820. The zero-order valence-corrected chi connectivity index (χ0v) is 10.5. The van der Waals surface area contributed by atoms with E-state index in [0.717, 1.165) is 12.5 Å². The first kappa shape index (κ1) is 11.7. The first-order valence-electron chi connectivity index (χ1n) is 6.55. The summed E-state index contributed by atoms with van der Waals surface area (Å²) in [4.78, 5) is 0. The SMILES string of the molecule is CC(C)c1ccc(CNCCC2CC2)cc1. The number of nitrogens with one attached hydrogen (secondary N) is 1. The molecule has 0 radical (unpaired) electrons.